The summed E-state index contributed by atoms with van der Waals surface area (Å²) in [5.74, 6) is 0. The molecular weight excluding hydrogens is 294 g/mol. The predicted molar refractivity (Wildman–Crippen MR) is 56.7 cm³/mol. The smallest absolute Gasteiger partial charge is 0.391 e. The van der Waals surface area contributed by atoms with Gasteiger partial charge in [0, 0.05) is 6.42 Å². The van der Waals surface area contributed by atoms with Crippen molar-refractivity contribution in [2.75, 3.05) is 6.61 Å². The van der Waals surface area contributed by atoms with Gasteiger partial charge in [0.05, 0.1) is 24.9 Å². The monoisotopic (exact) mass is 307 g/mol. The highest BCUT2D eigenvalue weighted by Gasteiger charge is 2.38. The van der Waals surface area contributed by atoms with Crippen molar-refractivity contribution in [1.82, 2.24) is 4.72 Å². The summed E-state index contributed by atoms with van der Waals surface area (Å²) >= 11 is -2.45. The van der Waals surface area contributed by atoms with Crippen LogP contribution >= 0.6 is 0 Å². The molecule has 0 aromatic heterocycles. The Morgan fingerprint density at radius 3 is 2.50 bits per heavy atom. The summed E-state index contributed by atoms with van der Waals surface area (Å²) in [6.45, 7) is -0.595. The maximum atomic E-state index is 10.5. The van der Waals surface area contributed by atoms with E-state index in [1.165, 1.54) is 0 Å². The Kier molecular flexibility index (Phi) is 5.57. The molecule has 0 aliphatic carbocycles. The SMILES string of the molecule is O=S(O)NC1C(O)OC(COS(=O)(=O)O)C[C@@H]1O. The van der Waals surface area contributed by atoms with Gasteiger partial charge < -0.3 is 14.9 Å². The molecule has 10 nitrogen and oxygen atoms in total. The Balaban J connectivity index is 2.53. The molecule has 0 aromatic rings. The third-order valence-corrected chi connectivity index (χ3v) is 3.11. The van der Waals surface area contributed by atoms with Crippen LogP contribution in [0.1, 0.15) is 6.42 Å². The minimum atomic E-state index is -4.64. The van der Waals surface area contributed by atoms with Crippen molar-refractivity contribution in [3.05, 3.63) is 0 Å². The first-order valence-electron chi connectivity index (χ1n) is 4.69. The first-order valence-corrected chi connectivity index (χ1v) is 7.16. The van der Waals surface area contributed by atoms with Crippen molar-refractivity contribution in [2.45, 2.75) is 31.0 Å². The number of nitrogens with one attached hydrogen (secondary N) is 1. The van der Waals surface area contributed by atoms with Gasteiger partial charge in [-0.05, 0) is 0 Å². The van der Waals surface area contributed by atoms with Crippen molar-refractivity contribution in [3.8, 4) is 0 Å². The quantitative estimate of drug-likeness (QED) is 0.270. The summed E-state index contributed by atoms with van der Waals surface area (Å²) in [4.78, 5) is 0. The molecule has 1 rings (SSSR count). The van der Waals surface area contributed by atoms with Crippen LogP contribution in [-0.4, -0.2) is 63.1 Å². The Hall–Kier alpha value is -0.180. The van der Waals surface area contributed by atoms with E-state index in [2.05, 4.69) is 4.18 Å². The molecule has 12 heteroatoms. The van der Waals surface area contributed by atoms with E-state index in [0.717, 1.165) is 0 Å². The van der Waals surface area contributed by atoms with Crippen LogP contribution in [0.4, 0.5) is 0 Å². The zero-order valence-electron chi connectivity index (χ0n) is 8.87. The normalized spacial score (nSPS) is 35.3. The Labute approximate surface area is 105 Å². The Bertz CT molecular complexity index is 386. The van der Waals surface area contributed by atoms with E-state index in [1.54, 1.807) is 0 Å². The largest absolute Gasteiger partial charge is 0.397 e. The lowest BCUT2D eigenvalue weighted by Crippen LogP contribution is -2.56. The molecule has 0 bridgehead atoms. The first kappa shape index (κ1) is 15.9. The summed E-state index contributed by atoms with van der Waals surface area (Å²) in [6, 6.07) is -1.20. The summed E-state index contributed by atoms with van der Waals surface area (Å²) in [5.41, 5.74) is 0. The number of rotatable bonds is 5. The summed E-state index contributed by atoms with van der Waals surface area (Å²) in [7, 11) is -4.64. The minimum absolute atomic E-state index is 0.151. The maximum absolute atomic E-state index is 10.5. The number of ether oxygens (including phenoxy) is 1. The van der Waals surface area contributed by atoms with E-state index in [1.807, 2.05) is 4.72 Å². The van der Waals surface area contributed by atoms with Crippen LogP contribution in [0.15, 0.2) is 0 Å². The van der Waals surface area contributed by atoms with Gasteiger partial charge in [-0.15, -0.1) is 0 Å². The first-order chi connectivity index (χ1) is 8.19. The van der Waals surface area contributed by atoms with E-state index in [0.29, 0.717) is 0 Å². The second-order valence-corrected chi connectivity index (χ2v) is 5.38. The molecule has 1 aliphatic heterocycles. The molecule has 0 saturated carbocycles. The van der Waals surface area contributed by atoms with Gasteiger partial charge >= 0.3 is 10.4 Å². The lowest BCUT2D eigenvalue weighted by Gasteiger charge is -2.36. The zero-order valence-corrected chi connectivity index (χ0v) is 10.5. The van der Waals surface area contributed by atoms with Gasteiger partial charge in [-0.1, -0.05) is 0 Å². The highest BCUT2D eigenvalue weighted by molar-refractivity contribution is 7.80. The number of hydrogen-bond donors (Lipinski definition) is 5. The van der Waals surface area contributed by atoms with Crippen LogP contribution in [0, 0.1) is 0 Å². The molecule has 18 heavy (non-hydrogen) atoms. The summed E-state index contributed by atoms with van der Waals surface area (Å²) in [5, 5.41) is 19.0. The Morgan fingerprint density at radius 2 is 2.06 bits per heavy atom. The molecule has 4 unspecified atom stereocenters. The average Bonchev–Trinajstić information content (AvgIpc) is 2.19. The van der Waals surface area contributed by atoms with E-state index in [9.17, 15) is 22.8 Å². The lowest BCUT2D eigenvalue weighted by molar-refractivity contribution is -0.209. The number of aliphatic hydroxyl groups is 2. The second-order valence-electron chi connectivity index (χ2n) is 3.56. The fourth-order valence-corrected chi connectivity index (χ4v) is 2.30. The minimum Gasteiger partial charge on any atom is -0.391 e. The number of hydrogen-bond acceptors (Lipinski definition) is 7. The molecule has 1 saturated heterocycles. The van der Waals surface area contributed by atoms with Crippen molar-refractivity contribution in [1.29, 1.82) is 0 Å². The molecule has 5 N–H and O–H groups in total. The third kappa shape index (κ3) is 5.21. The van der Waals surface area contributed by atoms with Gasteiger partial charge in [-0.25, -0.2) is 13.1 Å². The van der Waals surface area contributed by atoms with E-state index < -0.39 is 52.8 Å². The van der Waals surface area contributed by atoms with Crippen LogP contribution < -0.4 is 4.72 Å². The fourth-order valence-electron chi connectivity index (χ4n) is 1.47. The van der Waals surface area contributed by atoms with Crippen LogP contribution in [0.3, 0.4) is 0 Å². The van der Waals surface area contributed by atoms with Crippen molar-refractivity contribution in [3.63, 3.8) is 0 Å². The van der Waals surface area contributed by atoms with E-state index in [4.69, 9.17) is 13.8 Å². The topological polar surface area (TPSA) is 163 Å². The van der Waals surface area contributed by atoms with Gasteiger partial charge in [-0.2, -0.15) is 8.42 Å². The summed E-state index contributed by atoms with van der Waals surface area (Å²) < 4.78 is 58.9. The van der Waals surface area contributed by atoms with Crippen molar-refractivity contribution < 1.29 is 40.9 Å². The van der Waals surface area contributed by atoms with Gasteiger partial charge in [-0.3, -0.25) is 9.11 Å². The molecule has 108 valence electrons. The van der Waals surface area contributed by atoms with Crippen LogP contribution in [0.5, 0.6) is 0 Å². The molecule has 1 aliphatic rings. The third-order valence-electron chi connectivity index (χ3n) is 2.20. The van der Waals surface area contributed by atoms with Crippen molar-refractivity contribution in [2.24, 2.45) is 0 Å². The van der Waals surface area contributed by atoms with Crippen LogP contribution in [0.2, 0.25) is 0 Å². The standard InChI is InChI=1S/C6H13NO9S2/c8-4-1-3(2-15-18(12,13)14)16-6(9)5(4)7-17(10)11/h3-9H,1-2H2,(H,10,11)(H,12,13,14)/t3?,4-,5?,6?/m0/s1. The predicted octanol–water partition coefficient (Wildman–Crippen LogP) is -2.63. The molecule has 1 heterocycles. The van der Waals surface area contributed by atoms with Crippen LogP contribution in [0.25, 0.3) is 0 Å². The van der Waals surface area contributed by atoms with Gasteiger partial charge in [0.25, 0.3) is 0 Å². The highest BCUT2D eigenvalue weighted by Crippen LogP contribution is 2.19. The second kappa shape index (κ2) is 6.31. The molecular formula is C6H13NO9S2. The fraction of sp³-hybridized carbons (Fsp3) is 1.00. The number of aliphatic hydroxyl groups excluding tert-OH is 2. The molecule has 0 radical (unpaired) electrons. The Morgan fingerprint density at radius 1 is 1.44 bits per heavy atom. The van der Waals surface area contributed by atoms with Gasteiger partial charge in [0.2, 0.25) is 11.3 Å². The maximum Gasteiger partial charge on any atom is 0.397 e. The molecule has 0 aromatic carbocycles. The van der Waals surface area contributed by atoms with Gasteiger partial charge in [0.15, 0.2) is 6.29 Å². The zero-order chi connectivity index (χ0) is 13.9. The average molecular weight is 307 g/mol. The van der Waals surface area contributed by atoms with E-state index in [-0.39, 0.29) is 6.42 Å². The lowest BCUT2D eigenvalue weighted by atomic mass is 10.0. The molecule has 0 spiro atoms. The van der Waals surface area contributed by atoms with Crippen LogP contribution in [-0.2, 0) is 30.6 Å². The van der Waals surface area contributed by atoms with Crippen molar-refractivity contribution >= 4 is 21.7 Å². The summed E-state index contributed by atoms with van der Waals surface area (Å²) in [6.07, 6.45) is -4.01. The molecule has 1 fully saturated rings. The van der Waals surface area contributed by atoms with Gasteiger partial charge in [0.1, 0.15) is 0 Å². The highest BCUT2D eigenvalue weighted by atomic mass is 32.3. The molecule has 0 amide bonds. The van der Waals surface area contributed by atoms with E-state index >= 15 is 0 Å². The molecule has 5 atom stereocenters.